The monoisotopic (exact) mass is 355 g/mol. The van der Waals surface area contributed by atoms with Crippen molar-refractivity contribution >= 4 is 44.7 Å². The third-order valence-corrected chi connectivity index (χ3v) is 5.12. The Morgan fingerprint density at radius 2 is 2.00 bits per heavy atom. The summed E-state index contributed by atoms with van der Waals surface area (Å²) in [4.78, 5) is 26.1. The predicted molar refractivity (Wildman–Crippen MR) is 96.9 cm³/mol. The van der Waals surface area contributed by atoms with Crippen LogP contribution < -0.4 is 15.5 Å². The number of urea groups is 1. The smallest absolute Gasteiger partial charge is 0.321 e. The van der Waals surface area contributed by atoms with Crippen LogP contribution in [0.25, 0.3) is 10.1 Å². The fourth-order valence-corrected chi connectivity index (χ4v) is 3.74. The molecule has 0 saturated carbocycles. The average molecular weight is 355 g/mol. The molecule has 0 radical (unpaired) electrons. The molecular weight excluding hydrogens is 341 g/mol. The molecule has 1 fully saturated rings. The zero-order valence-electron chi connectivity index (χ0n) is 13.1. The van der Waals surface area contributed by atoms with Crippen molar-refractivity contribution in [2.24, 2.45) is 0 Å². The molecule has 0 aliphatic carbocycles. The summed E-state index contributed by atoms with van der Waals surface area (Å²) in [7, 11) is 0. The first-order chi connectivity index (χ1) is 12.1. The third-order valence-electron chi connectivity index (χ3n) is 4.03. The summed E-state index contributed by atoms with van der Waals surface area (Å²) < 4.78 is 14.5. The van der Waals surface area contributed by atoms with E-state index in [2.05, 4.69) is 10.6 Å². The highest BCUT2D eigenvalue weighted by Gasteiger charge is 2.21. The molecule has 1 saturated heterocycles. The van der Waals surface area contributed by atoms with Crippen molar-refractivity contribution in [2.75, 3.05) is 23.3 Å². The van der Waals surface area contributed by atoms with Gasteiger partial charge in [0.2, 0.25) is 0 Å². The van der Waals surface area contributed by atoms with Crippen LogP contribution in [-0.2, 0) is 0 Å². The number of nitrogens with zero attached hydrogens (tertiary/aromatic N) is 1. The molecule has 126 valence electrons. The van der Waals surface area contributed by atoms with E-state index >= 15 is 0 Å². The first-order valence-corrected chi connectivity index (χ1v) is 8.58. The van der Waals surface area contributed by atoms with Gasteiger partial charge < -0.3 is 10.6 Å². The largest absolute Gasteiger partial charge is 0.336 e. The molecule has 25 heavy (non-hydrogen) atoms. The van der Waals surface area contributed by atoms with E-state index in [0.717, 1.165) is 10.4 Å². The molecular formula is C18H14FN3O2S. The minimum Gasteiger partial charge on any atom is -0.336 e. The Morgan fingerprint density at radius 3 is 2.68 bits per heavy atom. The Kier molecular flexibility index (Phi) is 3.85. The molecule has 0 bridgehead atoms. The van der Waals surface area contributed by atoms with E-state index in [0.29, 0.717) is 29.0 Å². The number of fused-ring (bicyclic) bond motifs is 1. The van der Waals surface area contributed by atoms with Crippen LogP contribution in [0.15, 0.2) is 48.5 Å². The second-order valence-electron chi connectivity index (χ2n) is 5.65. The molecule has 2 heterocycles. The van der Waals surface area contributed by atoms with Crippen molar-refractivity contribution in [1.29, 1.82) is 0 Å². The van der Waals surface area contributed by atoms with Gasteiger partial charge in [-0.3, -0.25) is 9.69 Å². The van der Waals surface area contributed by atoms with Crippen LogP contribution in [0.3, 0.4) is 0 Å². The van der Waals surface area contributed by atoms with Gasteiger partial charge in [0.25, 0.3) is 5.91 Å². The minimum absolute atomic E-state index is 0.121. The highest BCUT2D eigenvalue weighted by molar-refractivity contribution is 7.20. The summed E-state index contributed by atoms with van der Waals surface area (Å²) in [6, 6.07) is 13.3. The van der Waals surface area contributed by atoms with Gasteiger partial charge >= 0.3 is 6.03 Å². The maximum absolute atomic E-state index is 13.8. The Morgan fingerprint density at radius 1 is 1.20 bits per heavy atom. The Bertz CT molecular complexity index is 968. The molecule has 1 aliphatic rings. The van der Waals surface area contributed by atoms with E-state index in [-0.39, 0.29) is 17.8 Å². The number of carbonyl (C=O) groups excluding carboxylic acids is 2. The highest BCUT2D eigenvalue weighted by Crippen LogP contribution is 2.28. The average Bonchev–Trinajstić information content (AvgIpc) is 3.23. The summed E-state index contributed by atoms with van der Waals surface area (Å²) in [5, 5.41) is 5.99. The fraction of sp³-hybridized carbons (Fsp3) is 0.111. The van der Waals surface area contributed by atoms with E-state index in [4.69, 9.17) is 0 Å². The Balaban J connectivity index is 1.52. The number of hydrogen-bond acceptors (Lipinski definition) is 3. The maximum atomic E-state index is 13.8. The van der Waals surface area contributed by atoms with E-state index in [1.165, 1.54) is 17.4 Å². The minimum atomic E-state index is -0.332. The molecule has 0 atom stereocenters. The zero-order chi connectivity index (χ0) is 17.4. The normalized spacial score (nSPS) is 14.0. The predicted octanol–water partition coefficient (Wildman–Crippen LogP) is 3.82. The van der Waals surface area contributed by atoms with Crippen LogP contribution in [0.1, 0.15) is 9.67 Å². The number of anilines is 2. The summed E-state index contributed by atoms with van der Waals surface area (Å²) >= 11 is 1.25. The van der Waals surface area contributed by atoms with Gasteiger partial charge in [0.05, 0.1) is 4.88 Å². The Hall–Kier alpha value is -2.93. The van der Waals surface area contributed by atoms with Gasteiger partial charge in [-0.05, 0) is 42.5 Å². The first kappa shape index (κ1) is 15.6. The van der Waals surface area contributed by atoms with E-state index < -0.39 is 0 Å². The number of hydrogen-bond donors (Lipinski definition) is 2. The van der Waals surface area contributed by atoms with Crippen molar-refractivity contribution in [1.82, 2.24) is 5.32 Å². The highest BCUT2D eigenvalue weighted by atomic mass is 32.1. The molecule has 3 aromatic rings. The number of carbonyl (C=O) groups is 2. The summed E-state index contributed by atoms with van der Waals surface area (Å²) in [5.74, 6) is -0.617. The van der Waals surface area contributed by atoms with E-state index in [9.17, 15) is 14.0 Å². The van der Waals surface area contributed by atoms with Crippen molar-refractivity contribution in [3.63, 3.8) is 0 Å². The molecule has 7 heteroatoms. The molecule has 2 N–H and O–H groups in total. The third kappa shape index (κ3) is 2.94. The Labute approximate surface area is 147 Å². The number of thiophene rings is 1. The van der Waals surface area contributed by atoms with Gasteiger partial charge in [0.1, 0.15) is 5.82 Å². The van der Waals surface area contributed by atoms with Crippen molar-refractivity contribution in [3.05, 3.63) is 59.2 Å². The first-order valence-electron chi connectivity index (χ1n) is 7.77. The maximum Gasteiger partial charge on any atom is 0.321 e. The van der Waals surface area contributed by atoms with Gasteiger partial charge in [-0.15, -0.1) is 11.3 Å². The van der Waals surface area contributed by atoms with Crippen LogP contribution in [0.5, 0.6) is 0 Å². The lowest BCUT2D eigenvalue weighted by Crippen LogP contribution is -2.27. The summed E-state index contributed by atoms with van der Waals surface area (Å²) in [6.45, 7) is 1.25. The van der Waals surface area contributed by atoms with Gasteiger partial charge in [0.15, 0.2) is 0 Å². The van der Waals surface area contributed by atoms with Crippen LogP contribution >= 0.6 is 11.3 Å². The second-order valence-corrected chi connectivity index (χ2v) is 6.73. The van der Waals surface area contributed by atoms with E-state index in [1.54, 1.807) is 47.4 Å². The van der Waals surface area contributed by atoms with E-state index in [1.807, 2.05) is 0 Å². The van der Waals surface area contributed by atoms with Crippen LogP contribution in [0.4, 0.5) is 20.6 Å². The molecule has 0 spiro atoms. The van der Waals surface area contributed by atoms with Gasteiger partial charge in [-0.2, -0.15) is 0 Å². The number of nitrogens with one attached hydrogen (secondary N) is 2. The van der Waals surface area contributed by atoms with Gasteiger partial charge in [-0.1, -0.05) is 6.07 Å². The fourth-order valence-electron chi connectivity index (χ4n) is 2.77. The SMILES string of the molecule is O=C(Nc1ccc(N2CCNC2=O)cc1)c1cc2c(F)cccc2s1. The van der Waals surface area contributed by atoms with Crippen molar-refractivity contribution in [3.8, 4) is 0 Å². The van der Waals surface area contributed by atoms with Crippen LogP contribution in [0, 0.1) is 5.82 Å². The molecule has 1 aromatic heterocycles. The number of halogens is 1. The number of benzene rings is 2. The van der Waals surface area contributed by atoms with Crippen molar-refractivity contribution < 1.29 is 14.0 Å². The lowest BCUT2D eigenvalue weighted by molar-refractivity contribution is 0.103. The number of amides is 3. The quantitative estimate of drug-likeness (QED) is 0.750. The van der Waals surface area contributed by atoms with Gasteiger partial charge in [-0.25, -0.2) is 9.18 Å². The topological polar surface area (TPSA) is 61.4 Å². The zero-order valence-corrected chi connectivity index (χ0v) is 13.9. The molecule has 2 aromatic carbocycles. The molecule has 3 amide bonds. The summed E-state index contributed by atoms with van der Waals surface area (Å²) in [5.41, 5.74) is 1.39. The lowest BCUT2D eigenvalue weighted by atomic mass is 10.2. The standard InChI is InChI=1S/C18H14FN3O2S/c19-14-2-1-3-15-13(14)10-16(25-15)17(23)21-11-4-6-12(7-5-11)22-9-8-20-18(22)24/h1-7,10H,8-9H2,(H,20,24)(H,21,23). The van der Waals surface area contributed by atoms with Gasteiger partial charge in [0, 0.05) is 34.6 Å². The summed E-state index contributed by atoms with van der Waals surface area (Å²) in [6.07, 6.45) is 0. The molecule has 5 nitrogen and oxygen atoms in total. The van der Waals surface area contributed by atoms with Crippen LogP contribution in [-0.4, -0.2) is 25.0 Å². The second kappa shape index (κ2) is 6.18. The lowest BCUT2D eigenvalue weighted by Gasteiger charge is -2.14. The molecule has 0 unspecified atom stereocenters. The van der Waals surface area contributed by atoms with Crippen LogP contribution in [0.2, 0.25) is 0 Å². The molecule has 1 aliphatic heterocycles. The van der Waals surface area contributed by atoms with Crippen molar-refractivity contribution in [2.45, 2.75) is 0 Å². The molecule has 4 rings (SSSR count). The number of rotatable bonds is 3.